The minimum absolute atomic E-state index is 0.0472. The molecule has 8 heteroatoms. The second kappa shape index (κ2) is 6.07. The van der Waals surface area contributed by atoms with Crippen LogP contribution in [-0.2, 0) is 4.79 Å². The van der Waals surface area contributed by atoms with E-state index in [0.29, 0.717) is 17.4 Å². The number of urea groups is 1. The highest BCUT2D eigenvalue weighted by atomic mass is 35.5. The average molecular weight is 321 g/mol. The molecule has 114 valence electrons. The molecular formula is C14H13ClN4O3. The third-order valence-corrected chi connectivity index (χ3v) is 3.53. The van der Waals surface area contributed by atoms with Gasteiger partial charge in [0, 0.05) is 29.7 Å². The Morgan fingerprint density at radius 2 is 2.09 bits per heavy atom. The van der Waals surface area contributed by atoms with E-state index in [-0.39, 0.29) is 18.4 Å². The van der Waals surface area contributed by atoms with Crippen molar-refractivity contribution in [2.45, 2.75) is 12.5 Å². The summed E-state index contributed by atoms with van der Waals surface area (Å²) in [6.45, 7) is 0.409. The highest BCUT2D eigenvalue weighted by molar-refractivity contribution is 6.30. The normalized spacial score (nSPS) is 17.6. The van der Waals surface area contributed by atoms with E-state index >= 15 is 0 Å². The van der Waals surface area contributed by atoms with Gasteiger partial charge < -0.3 is 14.7 Å². The predicted molar refractivity (Wildman–Crippen MR) is 80.9 cm³/mol. The quantitative estimate of drug-likeness (QED) is 0.908. The molecular weight excluding hydrogens is 308 g/mol. The molecule has 0 saturated carbocycles. The van der Waals surface area contributed by atoms with Crippen molar-refractivity contribution in [2.75, 3.05) is 16.8 Å². The van der Waals surface area contributed by atoms with E-state index in [9.17, 15) is 9.59 Å². The Kier molecular flexibility index (Phi) is 3.97. The fourth-order valence-corrected chi connectivity index (χ4v) is 2.42. The van der Waals surface area contributed by atoms with Gasteiger partial charge in [-0.15, -0.1) is 0 Å². The van der Waals surface area contributed by atoms with Crippen LogP contribution in [0, 0.1) is 0 Å². The first-order chi connectivity index (χ1) is 10.6. The van der Waals surface area contributed by atoms with E-state index in [1.807, 2.05) is 0 Å². The molecule has 1 aliphatic rings. The van der Waals surface area contributed by atoms with Crippen molar-refractivity contribution >= 4 is 35.0 Å². The predicted octanol–water partition coefficient (Wildman–Crippen LogP) is 2.25. The lowest BCUT2D eigenvalue weighted by Crippen LogP contribution is -2.39. The molecule has 1 saturated heterocycles. The summed E-state index contributed by atoms with van der Waals surface area (Å²) in [5.74, 6) is 0.269. The van der Waals surface area contributed by atoms with Crippen LogP contribution in [0.3, 0.4) is 0 Å². The molecule has 1 aromatic carbocycles. The highest BCUT2D eigenvalue weighted by Crippen LogP contribution is 2.23. The molecule has 22 heavy (non-hydrogen) atoms. The minimum atomic E-state index is -0.426. The fourth-order valence-electron chi connectivity index (χ4n) is 2.29. The molecule has 0 radical (unpaired) electrons. The number of aromatic nitrogens is 1. The van der Waals surface area contributed by atoms with Gasteiger partial charge in [-0.05, 0) is 24.3 Å². The monoisotopic (exact) mass is 320 g/mol. The van der Waals surface area contributed by atoms with Crippen molar-refractivity contribution in [3.8, 4) is 0 Å². The molecule has 1 aliphatic heterocycles. The largest absolute Gasteiger partial charge is 0.363 e. The second-order valence-corrected chi connectivity index (χ2v) is 5.30. The first kappa shape index (κ1) is 14.4. The van der Waals surface area contributed by atoms with Gasteiger partial charge in [-0.25, -0.2) is 4.79 Å². The molecule has 0 aliphatic carbocycles. The van der Waals surface area contributed by atoms with Crippen LogP contribution in [0.25, 0.3) is 0 Å². The summed E-state index contributed by atoms with van der Waals surface area (Å²) in [5, 5.41) is 9.45. The third kappa shape index (κ3) is 3.20. The van der Waals surface area contributed by atoms with Crippen LogP contribution in [-0.4, -0.2) is 29.7 Å². The number of benzene rings is 1. The van der Waals surface area contributed by atoms with Gasteiger partial charge in [0.2, 0.25) is 5.91 Å². The summed E-state index contributed by atoms with van der Waals surface area (Å²) in [6, 6.07) is 7.83. The molecule has 7 nitrogen and oxygen atoms in total. The molecule has 1 fully saturated rings. The molecule has 1 atom stereocenters. The van der Waals surface area contributed by atoms with Crippen molar-refractivity contribution < 1.29 is 14.1 Å². The van der Waals surface area contributed by atoms with Crippen LogP contribution in [0.4, 0.5) is 16.3 Å². The van der Waals surface area contributed by atoms with E-state index in [0.717, 1.165) is 5.69 Å². The number of carbonyl (C=O) groups excluding carboxylic acids is 2. The van der Waals surface area contributed by atoms with Gasteiger partial charge in [0.25, 0.3) is 0 Å². The smallest absolute Gasteiger partial charge is 0.320 e. The molecule has 1 unspecified atom stereocenters. The third-order valence-electron chi connectivity index (χ3n) is 3.28. The van der Waals surface area contributed by atoms with Crippen molar-refractivity contribution in [1.82, 2.24) is 10.5 Å². The fraction of sp³-hybridized carbons (Fsp3) is 0.214. The Morgan fingerprint density at radius 3 is 2.77 bits per heavy atom. The highest BCUT2D eigenvalue weighted by Gasteiger charge is 2.31. The van der Waals surface area contributed by atoms with Gasteiger partial charge in [-0.2, -0.15) is 0 Å². The summed E-state index contributed by atoms with van der Waals surface area (Å²) in [6.07, 6.45) is 1.60. The van der Waals surface area contributed by atoms with Crippen LogP contribution in [0.2, 0.25) is 5.02 Å². The maximum atomic E-state index is 12.1. The van der Waals surface area contributed by atoms with Crippen molar-refractivity contribution in [3.63, 3.8) is 0 Å². The summed E-state index contributed by atoms with van der Waals surface area (Å²) >= 11 is 5.84. The number of rotatable bonds is 3. The Hall–Kier alpha value is -2.54. The molecule has 2 aromatic rings. The number of nitrogens with zero attached hydrogens (tertiary/aromatic N) is 2. The summed E-state index contributed by atoms with van der Waals surface area (Å²) in [5.41, 5.74) is 0.760. The molecule has 0 spiro atoms. The number of carbonyl (C=O) groups is 2. The standard InChI is InChI=1S/C14H13ClN4O3/c15-9-1-3-11(4-2-9)19-8-10(7-13(19)20)16-14(21)17-12-5-6-22-18-12/h1-6,10H,7-8H2,(H2,16,17,18,21). The number of hydrogen-bond acceptors (Lipinski definition) is 4. The lowest BCUT2D eigenvalue weighted by Gasteiger charge is -2.17. The Bertz CT molecular complexity index is 672. The van der Waals surface area contributed by atoms with Gasteiger partial charge in [0.05, 0.1) is 6.04 Å². The zero-order valence-corrected chi connectivity index (χ0v) is 12.2. The van der Waals surface area contributed by atoms with E-state index < -0.39 is 6.03 Å². The Labute approximate surface area is 131 Å². The van der Waals surface area contributed by atoms with Crippen molar-refractivity contribution in [2.24, 2.45) is 0 Å². The van der Waals surface area contributed by atoms with E-state index in [2.05, 4.69) is 20.3 Å². The SMILES string of the molecule is O=C(Nc1ccon1)NC1CC(=O)N(c2ccc(Cl)cc2)C1. The topological polar surface area (TPSA) is 87.5 Å². The van der Waals surface area contributed by atoms with Crippen LogP contribution in [0.15, 0.2) is 41.1 Å². The number of amides is 3. The van der Waals surface area contributed by atoms with Crippen LogP contribution < -0.4 is 15.5 Å². The number of halogens is 1. The maximum absolute atomic E-state index is 12.1. The summed E-state index contributed by atoms with van der Waals surface area (Å²) in [4.78, 5) is 25.5. The van der Waals surface area contributed by atoms with Crippen LogP contribution in [0.5, 0.6) is 0 Å². The first-order valence-electron chi connectivity index (χ1n) is 6.65. The molecule has 0 bridgehead atoms. The molecule has 3 rings (SSSR count). The maximum Gasteiger partial charge on any atom is 0.320 e. The second-order valence-electron chi connectivity index (χ2n) is 4.86. The molecule has 1 aromatic heterocycles. The van der Waals surface area contributed by atoms with E-state index in [4.69, 9.17) is 11.6 Å². The minimum Gasteiger partial charge on any atom is -0.363 e. The first-order valence-corrected chi connectivity index (χ1v) is 7.03. The number of nitrogens with one attached hydrogen (secondary N) is 2. The van der Waals surface area contributed by atoms with Gasteiger partial charge in [0.1, 0.15) is 6.26 Å². The Balaban J connectivity index is 1.59. The van der Waals surface area contributed by atoms with Crippen LogP contribution in [0.1, 0.15) is 6.42 Å². The molecule has 2 heterocycles. The number of anilines is 2. The number of hydrogen-bond donors (Lipinski definition) is 2. The van der Waals surface area contributed by atoms with Gasteiger partial charge in [0.15, 0.2) is 5.82 Å². The van der Waals surface area contributed by atoms with E-state index in [1.54, 1.807) is 29.2 Å². The Morgan fingerprint density at radius 1 is 1.32 bits per heavy atom. The molecule has 3 amide bonds. The lowest BCUT2D eigenvalue weighted by atomic mass is 10.2. The average Bonchev–Trinajstić information content (AvgIpc) is 3.10. The van der Waals surface area contributed by atoms with Crippen LogP contribution >= 0.6 is 11.6 Å². The van der Waals surface area contributed by atoms with E-state index in [1.165, 1.54) is 12.3 Å². The van der Waals surface area contributed by atoms with Gasteiger partial charge in [-0.3, -0.25) is 10.1 Å². The van der Waals surface area contributed by atoms with Gasteiger partial charge in [-0.1, -0.05) is 16.8 Å². The van der Waals surface area contributed by atoms with Crippen molar-refractivity contribution in [1.29, 1.82) is 0 Å². The zero-order chi connectivity index (χ0) is 15.5. The zero-order valence-electron chi connectivity index (χ0n) is 11.5. The summed E-state index contributed by atoms with van der Waals surface area (Å²) in [7, 11) is 0. The van der Waals surface area contributed by atoms with Crippen molar-refractivity contribution in [3.05, 3.63) is 41.6 Å². The lowest BCUT2D eigenvalue weighted by molar-refractivity contribution is -0.117. The van der Waals surface area contributed by atoms with Gasteiger partial charge >= 0.3 is 6.03 Å². The molecule has 2 N–H and O–H groups in total. The summed E-state index contributed by atoms with van der Waals surface area (Å²) < 4.78 is 4.62.